The number of alkyl halides is 6. The van der Waals surface area contributed by atoms with Gasteiger partial charge in [-0.25, -0.2) is 0 Å². The summed E-state index contributed by atoms with van der Waals surface area (Å²) < 4.78 is 76.9. The van der Waals surface area contributed by atoms with Gasteiger partial charge in [-0.3, -0.25) is 4.79 Å². The van der Waals surface area contributed by atoms with Crippen LogP contribution in [0.2, 0.25) is 0 Å². The van der Waals surface area contributed by atoms with Crippen LogP contribution in [0.5, 0.6) is 0 Å². The number of carbonyl (C=O) groups excluding carboxylic acids is 1. The van der Waals surface area contributed by atoms with E-state index in [0.29, 0.717) is 0 Å². The zero-order valence-corrected chi connectivity index (χ0v) is 8.94. The number of rotatable bonds is 6. The maximum absolute atomic E-state index is 12.1. The minimum Gasteiger partial charge on any atom is -0.394 e. The van der Waals surface area contributed by atoms with E-state index in [0.717, 1.165) is 0 Å². The van der Waals surface area contributed by atoms with Gasteiger partial charge in [-0.1, -0.05) is 0 Å². The number of halogens is 6. The average Bonchev–Trinajstić information content (AvgIpc) is 2.12. The Balaban J connectivity index is 4.34. The van der Waals surface area contributed by atoms with Crippen molar-refractivity contribution in [3.63, 3.8) is 0 Å². The van der Waals surface area contributed by atoms with Crippen LogP contribution < -0.4 is 5.32 Å². The molecule has 0 atom stereocenters. The number of aliphatic hydroxyl groups is 1. The molecule has 2 N–H and O–H groups in total. The molecule has 0 bridgehead atoms. The lowest BCUT2D eigenvalue weighted by Gasteiger charge is -2.21. The predicted molar refractivity (Wildman–Crippen MR) is 46.5 cm³/mol. The van der Waals surface area contributed by atoms with Crippen molar-refractivity contribution in [3.05, 3.63) is 0 Å². The quantitative estimate of drug-likeness (QED) is 0.561. The molecule has 0 aromatic carbocycles. The van der Waals surface area contributed by atoms with E-state index in [9.17, 15) is 31.1 Å². The van der Waals surface area contributed by atoms with E-state index in [-0.39, 0.29) is 19.8 Å². The Kier molecular flexibility index (Phi) is 6.39. The number of ether oxygens (including phenoxy) is 1. The summed E-state index contributed by atoms with van der Waals surface area (Å²) in [5.41, 5.74) is 0. The zero-order chi connectivity index (χ0) is 14.4. The smallest absolute Gasteiger partial charge is 0.394 e. The van der Waals surface area contributed by atoms with Gasteiger partial charge in [0.05, 0.1) is 19.8 Å². The van der Waals surface area contributed by atoms with Crippen LogP contribution >= 0.6 is 0 Å². The number of amides is 1. The second-order valence-corrected chi connectivity index (χ2v) is 3.14. The number of aliphatic hydroxyl groups excluding tert-OH is 1. The Labute approximate surface area is 97.9 Å². The van der Waals surface area contributed by atoms with E-state index in [2.05, 4.69) is 4.74 Å². The Morgan fingerprint density at radius 2 is 1.61 bits per heavy atom. The third-order valence-corrected chi connectivity index (χ3v) is 1.70. The van der Waals surface area contributed by atoms with Crippen LogP contribution in [0.15, 0.2) is 0 Å². The van der Waals surface area contributed by atoms with Gasteiger partial charge in [0.25, 0.3) is 0 Å². The van der Waals surface area contributed by atoms with Crippen molar-refractivity contribution in [1.29, 1.82) is 0 Å². The van der Waals surface area contributed by atoms with E-state index < -0.39 is 30.7 Å². The zero-order valence-electron chi connectivity index (χ0n) is 8.94. The molecule has 0 aromatic rings. The molecular weight excluding hydrogens is 272 g/mol. The molecule has 0 aliphatic carbocycles. The summed E-state index contributed by atoms with van der Waals surface area (Å²) >= 11 is 0. The SMILES string of the molecule is O=C(NCCOCCO)C(C(F)(F)F)C(F)(F)F. The van der Waals surface area contributed by atoms with Crippen molar-refractivity contribution in [2.24, 2.45) is 5.92 Å². The Hall–Kier alpha value is -1.03. The lowest BCUT2D eigenvalue weighted by molar-refractivity contribution is -0.274. The first kappa shape index (κ1) is 17.0. The first-order valence-corrected chi connectivity index (χ1v) is 4.70. The van der Waals surface area contributed by atoms with E-state index in [1.165, 1.54) is 5.32 Å². The van der Waals surface area contributed by atoms with Gasteiger partial charge < -0.3 is 15.2 Å². The van der Waals surface area contributed by atoms with E-state index >= 15 is 0 Å². The minimum atomic E-state index is -5.70. The van der Waals surface area contributed by atoms with Gasteiger partial charge in [0.2, 0.25) is 11.8 Å². The van der Waals surface area contributed by atoms with Crippen molar-refractivity contribution in [3.8, 4) is 0 Å². The first-order valence-electron chi connectivity index (χ1n) is 4.70. The van der Waals surface area contributed by atoms with Crippen molar-refractivity contribution in [2.75, 3.05) is 26.4 Å². The fraction of sp³-hybridized carbons (Fsp3) is 0.875. The molecule has 0 spiro atoms. The van der Waals surface area contributed by atoms with Crippen LogP contribution in [0, 0.1) is 5.92 Å². The van der Waals surface area contributed by atoms with E-state index in [1.54, 1.807) is 0 Å². The first-order chi connectivity index (χ1) is 8.10. The normalized spacial score (nSPS) is 12.9. The Bertz CT molecular complexity index is 251. The molecule has 0 radical (unpaired) electrons. The highest BCUT2D eigenvalue weighted by atomic mass is 19.4. The third kappa shape index (κ3) is 6.05. The van der Waals surface area contributed by atoms with Crippen LogP contribution in [0.3, 0.4) is 0 Å². The second kappa shape index (κ2) is 6.78. The summed E-state index contributed by atoms with van der Waals surface area (Å²) in [6.45, 7) is -1.28. The van der Waals surface area contributed by atoms with Crippen LogP contribution in [0.4, 0.5) is 26.3 Å². The summed E-state index contributed by atoms with van der Waals surface area (Å²) in [5, 5.41) is 9.74. The Morgan fingerprint density at radius 1 is 1.11 bits per heavy atom. The van der Waals surface area contributed by atoms with Gasteiger partial charge in [-0.15, -0.1) is 0 Å². The minimum absolute atomic E-state index is 0.127. The molecular formula is C8H11F6NO3. The second-order valence-electron chi connectivity index (χ2n) is 3.14. The van der Waals surface area contributed by atoms with Crippen LogP contribution in [0.1, 0.15) is 0 Å². The third-order valence-electron chi connectivity index (χ3n) is 1.70. The molecule has 0 fully saturated rings. The number of hydrogen-bond donors (Lipinski definition) is 2. The van der Waals surface area contributed by atoms with Gasteiger partial charge in [-0.2, -0.15) is 26.3 Å². The fourth-order valence-corrected chi connectivity index (χ4v) is 0.998. The van der Waals surface area contributed by atoms with E-state index in [1.807, 2.05) is 0 Å². The maximum atomic E-state index is 12.1. The largest absolute Gasteiger partial charge is 0.409 e. The molecule has 0 aliphatic heterocycles. The maximum Gasteiger partial charge on any atom is 0.409 e. The van der Waals surface area contributed by atoms with Crippen LogP contribution in [-0.4, -0.2) is 49.7 Å². The molecule has 0 saturated heterocycles. The van der Waals surface area contributed by atoms with Crippen molar-refractivity contribution < 1.29 is 41.0 Å². The lowest BCUT2D eigenvalue weighted by Crippen LogP contribution is -2.48. The van der Waals surface area contributed by atoms with Gasteiger partial charge in [-0.05, 0) is 0 Å². The number of nitrogens with one attached hydrogen (secondary N) is 1. The number of hydrogen-bond acceptors (Lipinski definition) is 3. The molecule has 0 rings (SSSR count). The molecule has 0 aliphatic rings. The highest BCUT2D eigenvalue weighted by molar-refractivity contribution is 5.80. The predicted octanol–water partition coefficient (Wildman–Crippen LogP) is 0.852. The summed E-state index contributed by atoms with van der Waals surface area (Å²) in [4.78, 5) is 10.8. The topological polar surface area (TPSA) is 58.6 Å². The molecule has 0 unspecified atom stereocenters. The molecule has 108 valence electrons. The molecule has 0 aromatic heterocycles. The van der Waals surface area contributed by atoms with Crippen LogP contribution in [-0.2, 0) is 9.53 Å². The summed E-state index contributed by atoms with van der Waals surface area (Å²) in [6, 6.07) is 0. The van der Waals surface area contributed by atoms with E-state index in [4.69, 9.17) is 5.11 Å². The summed E-state index contributed by atoms with van der Waals surface area (Å²) in [7, 11) is 0. The van der Waals surface area contributed by atoms with Crippen molar-refractivity contribution in [1.82, 2.24) is 5.32 Å². The number of carbonyl (C=O) groups is 1. The van der Waals surface area contributed by atoms with Crippen molar-refractivity contribution >= 4 is 5.91 Å². The van der Waals surface area contributed by atoms with Crippen molar-refractivity contribution in [2.45, 2.75) is 12.4 Å². The molecule has 10 heteroatoms. The molecule has 0 heterocycles. The molecule has 4 nitrogen and oxygen atoms in total. The van der Waals surface area contributed by atoms with Gasteiger partial charge in [0.1, 0.15) is 0 Å². The standard InChI is InChI=1S/C8H11F6NO3/c9-7(10,11)5(8(12,13)14)6(17)15-1-3-18-4-2-16/h5,16H,1-4H2,(H,15,17). The molecule has 18 heavy (non-hydrogen) atoms. The van der Waals surface area contributed by atoms with Gasteiger partial charge in [0, 0.05) is 6.54 Å². The summed E-state index contributed by atoms with van der Waals surface area (Å²) in [5.74, 6) is -6.23. The highest BCUT2D eigenvalue weighted by Crippen LogP contribution is 2.39. The summed E-state index contributed by atoms with van der Waals surface area (Å²) in [6.07, 6.45) is -11.4. The van der Waals surface area contributed by atoms with Gasteiger partial charge >= 0.3 is 12.4 Å². The molecule has 0 saturated carbocycles. The fourth-order valence-electron chi connectivity index (χ4n) is 0.998. The monoisotopic (exact) mass is 283 g/mol. The molecule has 1 amide bonds. The lowest BCUT2D eigenvalue weighted by atomic mass is 10.1. The highest BCUT2D eigenvalue weighted by Gasteiger charge is 2.60. The Morgan fingerprint density at radius 3 is 2.00 bits per heavy atom. The average molecular weight is 283 g/mol. The van der Waals surface area contributed by atoms with Gasteiger partial charge in [0.15, 0.2) is 0 Å². The van der Waals surface area contributed by atoms with Crippen LogP contribution in [0.25, 0.3) is 0 Å².